The Labute approximate surface area is 192 Å². The Bertz CT molecular complexity index is 1160. The fourth-order valence-electron chi connectivity index (χ4n) is 3.72. The summed E-state index contributed by atoms with van der Waals surface area (Å²) in [6.45, 7) is 2.65. The van der Waals surface area contributed by atoms with Crippen molar-refractivity contribution in [1.29, 1.82) is 0 Å². The normalized spacial score (nSPS) is 15.8. The van der Waals surface area contributed by atoms with Crippen LogP contribution in [-0.4, -0.2) is 50.9 Å². The van der Waals surface area contributed by atoms with E-state index in [0.717, 1.165) is 5.56 Å². The van der Waals surface area contributed by atoms with Crippen LogP contribution < -0.4 is 10.2 Å². The van der Waals surface area contributed by atoms with Crippen LogP contribution in [0.15, 0.2) is 42.5 Å². The molecule has 0 spiro atoms. The van der Waals surface area contributed by atoms with E-state index in [0.29, 0.717) is 42.8 Å². The first-order valence-electron chi connectivity index (χ1n) is 10.8. The summed E-state index contributed by atoms with van der Waals surface area (Å²) in [5.41, 5.74) is 0.927. The molecule has 1 aromatic carbocycles. The quantitative estimate of drug-likeness (QED) is 0.546. The van der Waals surface area contributed by atoms with Crippen molar-refractivity contribution in [2.45, 2.75) is 38.6 Å². The molecule has 12 heteroatoms. The number of amides is 1. The van der Waals surface area contributed by atoms with Crippen LogP contribution in [0.3, 0.4) is 0 Å². The molecular formula is C22H23F3N6O3. The zero-order valence-corrected chi connectivity index (χ0v) is 18.3. The number of piperidine rings is 1. The van der Waals surface area contributed by atoms with Crippen molar-refractivity contribution < 1.29 is 27.5 Å². The van der Waals surface area contributed by atoms with Crippen molar-refractivity contribution in [2.75, 3.05) is 18.0 Å². The largest absolute Gasteiger partial charge is 0.453 e. The summed E-state index contributed by atoms with van der Waals surface area (Å²) < 4.78 is 45.3. The molecule has 1 amide bonds. The second-order valence-electron chi connectivity index (χ2n) is 8.03. The first kappa shape index (κ1) is 23.5. The number of hydrogen-bond donors (Lipinski definition) is 1. The standard InChI is InChI=1S/C22H23F3N6O3/c1-14(19(32)26-13-15-5-3-2-4-6-15)34-20(33)16-9-11-30(12-10-16)18-8-7-17-27-28-21(22(23,24)25)31(17)29-18/h2-8,14,16H,9-13H2,1H3,(H,26,32). The van der Waals surface area contributed by atoms with Gasteiger partial charge in [0.1, 0.15) is 5.82 Å². The Morgan fingerprint density at radius 2 is 1.82 bits per heavy atom. The van der Waals surface area contributed by atoms with Gasteiger partial charge in [-0.15, -0.1) is 15.3 Å². The van der Waals surface area contributed by atoms with Gasteiger partial charge in [0.15, 0.2) is 11.8 Å². The van der Waals surface area contributed by atoms with Crippen molar-refractivity contribution in [3.05, 3.63) is 53.9 Å². The van der Waals surface area contributed by atoms with Gasteiger partial charge in [-0.1, -0.05) is 30.3 Å². The van der Waals surface area contributed by atoms with Crippen molar-refractivity contribution in [2.24, 2.45) is 5.92 Å². The van der Waals surface area contributed by atoms with Crippen LogP contribution in [0.5, 0.6) is 0 Å². The van der Waals surface area contributed by atoms with E-state index in [9.17, 15) is 22.8 Å². The molecule has 1 aliphatic heterocycles. The second-order valence-corrected chi connectivity index (χ2v) is 8.03. The maximum atomic E-state index is 13.1. The fourth-order valence-corrected chi connectivity index (χ4v) is 3.72. The molecule has 180 valence electrons. The monoisotopic (exact) mass is 476 g/mol. The van der Waals surface area contributed by atoms with Crippen molar-refractivity contribution in [1.82, 2.24) is 25.1 Å². The highest BCUT2D eigenvalue weighted by Crippen LogP contribution is 2.29. The molecule has 4 rings (SSSR count). The molecule has 1 fully saturated rings. The van der Waals surface area contributed by atoms with Gasteiger partial charge in [0.2, 0.25) is 0 Å². The van der Waals surface area contributed by atoms with Crippen LogP contribution in [0, 0.1) is 5.92 Å². The number of halogens is 3. The maximum Gasteiger partial charge on any atom is 0.453 e. The average Bonchev–Trinajstić information content (AvgIpc) is 3.27. The molecule has 1 saturated heterocycles. The molecule has 1 aliphatic rings. The number of hydrogen-bond acceptors (Lipinski definition) is 7. The minimum atomic E-state index is -4.67. The Kier molecular flexibility index (Phi) is 6.66. The zero-order valence-electron chi connectivity index (χ0n) is 18.3. The molecule has 0 radical (unpaired) electrons. The predicted molar refractivity (Wildman–Crippen MR) is 115 cm³/mol. The predicted octanol–water partition coefficient (Wildman–Crippen LogP) is 2.61. The summed E-state index contributed by atoms with van der Waals surface area (Å²) in [5, 5.41) is 13.4. The lowest BCUT2D eigenvalue weighted by Crippen LogP contribution is -2.40. The number of nitrogens with zero attached hydrogens (tertiary/aromatic N) is 5. The maximum absolute atomic E-state index is 13.1. The van der Waals surface area contributed by atoms with E-state index in [1.807, 2.05) is 30.3 Å². The van der Waals surface area contributed by atoms with E-state index < -0.39 is 30.0 Å². The van der Waals surface area contributed by atoms with Crippen LogP contribution in [-0.2, 0) is 27.0 Å². The van der Waals surface area contributed by atoms with E-state index in [1.54, 1.807) is 11.0 Å². The molecular weight excluding hydrogens is 453 g/mol. The van der Waals surface area contributed by atoms with Crippen LogP contribution >= 0.6 is 0 Å². The molecule has 1 unspecified atom stereocenters. The van der Waals surface area contributed by atoms with Gasteiger partial charge in [-0.25, -0.2) is 0 Å². The van der Waals surface area contributed by atoms with Crippen molar-refractivity contribution in [3.8, 4) is 0 Å². The molecule has 3 heterocycles. The molecule has 9 nitrogen and oxygen atoms in total. The summed E-state index contributed by atoms with van der Waals surface area (Å²) in [6.07, 6.45) is -4.77. The Balaban J connectivity index is 1.30. The number of esters is 1. The third-order valence-corrected chi connectivity index (χ3v) is 5.63. The highest BCUT2D eigenvalue weighted by atomic mass is 19.4. The molecule has 1 atom stereocenters. The second kappa shape index (κ2) is 9.65. The Morgan fingerprint density at radius 3 is 2.50 bits per heavy atom. The Morgan fingerprint density at radius 1 is 1.12 bits per heavy atom. The first-order valence-corrected chi connectivity index (χ1v) is 10.8. The molecule has 0 saturated carbocycles. The fraction of sp³-hybridized carbons (Fsp3) is 0.409. The number of benzene rings is 1. The molecule has 3 aromatic rings. The molecule has 0 bridgehead atoms. The highest BCUT2D eigenvalue weighted by molar-refractivity contribution is 5.84. The highest BCUT2D eigenvalue weighted by Gasteiger charge is 2.38. The Hall–Kier alpha value is -3.70. The lowest BCUT2D eigenvalue weighted by atomic mass is 9.97. The van der Waals surface area contributed by atoms with Gasteiger partial charge >= 0.3 is 12.1 Å². The molecule has 34 heavy (non-hydrogen) atoms. The number of alkyl halides is 3. The zero-order chi connectivity index (χ0) is 24.3. The summed E-state index contributed by atoms with van der Waals surface area (Å²) in [7, 11) is 0. The van der Waals surface area contributed by atoms with Crippen LogP contribution in [0.4, 0.5) is 19.0 Å². The SMILES string of the molecule is CC(OC(=O)C1CCN(c2ccc3nnc(C(F)(F)F)n3n2)CC1)C(=O)NCc1ccccc1. The van der Waals surface area contributed by atoms with Gasteiger partial charge in [0.05, 0.1) is 5.92 Å². The van der Waals surface area contributed by atoms with E-state index >= 15 is 0 Å². The minimum absolute atomic E-state index is 0.00549. The van der Waals surface area contributed by atoms with Crippen molar-refractivity contribution >= 4 is 23.3 Å². The van der Waals surface area contributed by atoms with Gasteiger partial charge < -0.3 is 15.0 Å². The lowest BCUT2D eigenvalue weighted by molar-refractivity contribution is -0.159. The molecule has 2 aromatic heterocycles. The summed E-state index contributed by atoms with van der Waals surface area (Å²) >= 11 is 0. The third kappa shape index (κ3) is 5.26. The lowest BCUT2D eigenvalue weighted by Gasteiger charge is -2.32. The number of ether oxygens (including phenoxy) is 1. The number of carbonyl (C=O) groups is 2. The van der Waals surface area contributed by atoms with E-state index in [1.165, 1.54) is 13.0 Å². The smallest absolute Gasteiger partial charge is 0.452 e. The van der Waals surface area contributed by atoms with Gasteiger partial charge in [-0.3, -0.25) is 9.59 Å². The minimum Gasteiger partial charge on any atom is -0.452 e. The number of fused-ring (bicyclic) bond motifs is 1. The van der Waals surface area contributed by atoms with Gasteiger partial charge in [-0.2, -0.15) is 17.7 Å². The van der Waals surface area contributed by atoms with E-state index in [-0.39, 0.29) is 11.6 Å². The number of aromatic nitrogens is 4. The number of carbonyl (C=O) groups excluding carboxylic acids is 2. The third-order valence-electron chi connectivity index (χ3n) is 5.63. The summed E-state index contributed by atoms with van der Waals surface area (Å²) in [5.74, 6) is -2.13. The van der Waals surface area contributed by atoms with E-state index in [4.69, 9.17) is 4.74 Å². The number of anilines is 1. The van der Waals surface area contributed by atoms with Gasteiger partial charge in [0, 0.05) is 19.6 Å². The number of nitrogens with one attached hydrogen (secondary N) is 1. The van der Waals surface area contributed by atoms with Gasteiger partial charge in [-0.05, 0) is 37.5 Å². The van der Waals surface area contributed by atoms with Crippen molar-refractivity contribution in [3.63, 3.8) is 0 Å². The van der Waals surface area contributed by atoms with E-state index in [2.05, 4.69) is 20.6 Å². The first-order chi connectivity index (χ1) is 16.2. The summed E-state index contributed by atoms with van der Waals surface area (Å²) in [6, 6.07) is 12.4. The average molecular weight is 476 g/mol. The topological polar surface area (TPSA) is 102 Å². The number of rotatable bonds is 6. The van der Waals surface area contributed by atoms with Crippen LogP contribution in [0.1, 0.15) is 31.2 Å². The summed E-state index contributed by atoms with van der Waals surface area (Å²) in [4.78, 5) is 26.6. The van der Waals surface area contributed by atoms with Crippen LogP contribution in [0.25, 0.3) is 5.65 Å². The van der Waals surface area contributed by atoms with Crippen LogP contribution in [0.2, 0.25) is 0 Å². The van der Waals surface area contributed by atoms with Gasteiger partial charge in [0.25, 0.3) is 11.7 Å². The molecule has 0 aliphatic carbocycles. The molecule has 1 N–H and O–H groups in total.